The predicted octanol–water partition coefficient (Wildman–Crippen LogP) is 5.75. The van der Waals surface area contributed by atoms with Crippen molar-refractivity contribution in [3.63, 3.8) is 0 Å². The number of sulfonamides is 1. The molecular formula is C42H51N5O8S. The fraction of sp³-hybridized carbons (Fsp3) is 0.500. The lowest BCUT2D eigenvalue weighted by atomic mass is 9.93. The minimum atomic E-state index is -3.89. The van der Waals surface area contributed by atoms with Crippen LogP contribution in [0.3, 0.4) is 0 Å². The molecule has 7 rings (SSSR count). The molecule has 4 aliphatic carbocycles. The summed E-state index contributed by atoms with van der Waals surface area (Å²) in [7, 11) is -3.89. The number of benzene rings is 2. The molecule has 4 amide bonds. The Balaban J connectivity index is 1.21. The molecule has 3 fully saturated rings. The number of nitrogens with one attached hydrogen (secondary N) is 3. The molecule has 14 heteroatoms. The average Bonchev–Trinajstić information content (AvgIpc) is 4.06. The Morgan fingerprint density at radius 1 is 1.00 bits per heavy atom. The number of fused-ring (bicyclic) bond motifs is 6. The van der Waals surface area contributed by atoms with Crippen molar-refractivity contribution < 1.29 is 37.2 Å². The number of carbonyl (C=O) groups excluding carboxylic acids is 4. The molecule has 1 heterocycles. The maximum absolute atomic E-state index is 14.6. The van der Waals surface area contributed by atoms with E-state index in [0.717, 1.165) is 53.5 Å². The van der Waals surface area contributed by atoms with E-state index >= 15 is 0 Å². The molecule has 56 heavy (non-hydrogen) atoms. The van der Waals surface area contributed by atoms with Crippen molar-refractivity contribution in [1.29, 1.82) is 0 Å². The lowest BCUT2D eigenvalue weighted by Gasteiger charge is -2.30. The molecule has 0 saturated heterocycles. The topological polar surface area (TPSA) is 173 Å². The van der Waals surface area contributed by atoms with E-state index in [2.05, 4.69) is 52.4 Å². The average molecular weight is 786 g/mol. The summed E-state index contributed by atoms with van der Waals surface area (Å²) < 4.78 is 33.2. The van der Waals surface area contributed by atoms with Crippen LogP contribution in [0.25, 0.3) is 17.2 Å². The molecule has 0 aromatic heterocycles. The van der Waals surface area contributed by atoms with Gasteiger partial charge in [-0.1, -0.05) is 72.6 Å². The van der Waals surface area contributed by atoms with Crippen molar-refractivity contribution in [3.8, 4) is 11.1 Å². The van der Waals surface area contributed by atoms with Gasteiger partial charge in [-0.2, -0.15) is 0 Å². The van der Waals surface area contributed by atoms with Crippen LogP contribution in [0.2, 0.25) is 0 Å². The maximum Gasteiger partial charge on any atom is 0.426 e. The summed E-state index contributed by atoms with van der Waals surface area (Å²) in [6.07, 6.45) is 9.68. The number of amides is 4. The van der Waals surface area contributed by atoms with Crippen molar-refractivity contribution in [2.24, 2.45) is 22.9 Å². The van der Waals surface area contributed by atoms with Gasteiger partial charge in [0.2, 0.25) is 21.8 Å². The van der Waals surface area contributed by atoms with Crippen LogP contribution in [-0.2, 0) is 34.0 Å². The smallest absolute Gasteiger partial charge is 0.426 e. The second kappa shape index (κ2) is 15.5. The third kappa shape index (κ3) is 8.40. The van der Waals surface area contributed by atoms with Gasteiger partial charge in [0, 0.05) is 23.6 Å². The quantitative estimate of drug-likeness (QED) is 0.254. The zero-order valence-electron chi connectivity index (χ0n) is 32.2. The SMILES string of the molecule is C=C[C@@H]1C[C@]1(NC(=O)[C@@H]1C[C@@H]2C[C@H]1C(=O)N(NC(=O)OC(C)(C)C)CCCCCC/C=C/c1ccc3c(c1)/C(=N\O2)c1ccccc1-3)C(=O)NS(=O)(=O)C1CC1. The highest BCUT2D eigenvalue weighted by Crippen LogP contribution is 2.47. The highest BCUT2D eigenvalue weighted by molar-refractivity contribution is 7.91. The predicted molar refractivity (Wildman–Crippen MR) is 211 cm³/mol. The Hall–Kier alpha value is -4.98. The standard InChI is InChI=1S/C42H51N5O8S/c1-5-27-25-42(27,39(50)46-56(52,53)29-18-19-29)43-37(48)34-23-28-24-35(34)38(49)47(44-40(51)54-41(2,3)4)21-13-9-7-6-8-10-14-26-17-20-31-30-15-11-12-16-32(30)36(45-55-28)33(31)22-26/h5,10-12,14-17,20,22,27-29,34-35H,1,6-9,13,18-19,21,23-25H2,2-4H3,(H,43,48)(H,44,51)(H,46,50)/b14-10+,45-36-/t27-,28-,34-,35-,42-/m1/s1. The third-order valence-electron chi connectivity index (χ3n) is 11.2. The van der Waals surface area contributed by atoms with Crippen LogP contribution in [-0.4, -0.2) is 72.0 Å². The van der Waals surface area contributed by atoms with E-state index in [-0.39, 0.29) is 25.8 Å². The van der Waals surface area contributed by atoms with Gasteiger partial charge in [-0.25, -0.2) is 18.6 Å². The number of hydrazine groups is 1. The monoisotopic (exact) mass is 785 g/mol. The number of oxime groups is 1. The first-order chi connectivity index (χ1) is 26.7. The number of nitrogens with zero attached hydrogens (tertiary/aromatic N) is 2. The molecule has 0 spiro atoms. The van der Waals surface area contributed by atoms with Crippen molar-refractivity contribution in [2.75, 3.05) is 6.54 Å². The van der Waals surface area contributed by atoms with Gasteiger partial charge in [-0.3, -0.25) is 24.1 Å². The number of ether oxygens (including phenoxy) is 1. The van der Waals surface area contributed by atoms with E-state index in [4.69, 9.17) is 14.7 Å². The molecule has 2 aromatic rings. The molecular weight excluding hydrogens is 735 g/mol. The summed E-state index contributed by atoms with van der Waals surface area (Å²) >= 11 is 0. The van der Waals surface area contributed by atoms with E-state index in [9.17, 15) is 27.6 Å². The van der Waals surface area contributed by atoms with Gasteiger partial charge in [0.25, 0.3) is 5.91 Å². The first-order valence-electron chi connectivity index (χ1n) is 19.7. The van der Waals surface area contributed by atoms with Gasteiger partial charge in [-0.05, 0) is 94.9 Å². The van der Waals surface area contributed by atoms with Gasteiger partial charge in [0.1, 0.15) is 23.0 Å². The zero-order valence-corrected chi connectivity index (χ0v) is 33.0. The molecule has 2 aromatic carbocycles. The summed E-state index contributed by atoms with van der Waals surface area (Å²) in [5, 5.41) is 8.14. The fourth-order valence-electron chi connectivity index (χ4n) is 8.00. The van der Waals surface area contributed by atoms with Crippen molar-refractivity contribution >= 4 is 45.6 Å². The Bertz CT molecular complexity index is 2090. The summed E-state index contributed by atoms with van der Waals surface area (Å²) in [5.74, 6) is -4.41. The normalized spacial score (nSPS) is 27.8. The second-order valence-electron chi connectivity index (χ2n) is 16.6. The van der Waals surface area contributed by atoms with Crippen LogP contribution in [0.1, 0.15) is 102 Å². The van der Waals surface area contributed by atoms with Crippen LogP contribution in [0.4, 0.5) is 4.79 Å². The summed E-state index contributed by atoms with van der Waals surface area (Å²) in [5.41, 5.74) is 5.84. The first-order valence-corrected chi connectivity index (χ1v) is 21.2. The van der Waals surface area contributed by atoms with Crippen LogP contribution in [0.5, 0.6) is 0 Å². The van der Waals surface area contributed by atoms with Gasteiger partial charge >= 0.3 is 6.09 Å². The molecule has 3 N–H and O–H groups in total. The molecule has 0 unspecified atom stereocenters. The number of allylic oxidation sites excluding steroid dienone is 1. The van der Waals surface area contributed by atoms with Crippen LogP contribution in [0.15, 0.2) is 66.4 Å². The Labute approximate surface area is 328 Å². The van der Waals surface area contributed by atoms with Crippen molar-refractivity contribution in [2.45, 2.75) is 107 Å². The number of rotatable bonds is 7. The van der Waals surface area contributed by atoms with E-state index in [1.54, 1.807) is 20.8 Å². The molecule has 0 radical (unpaired) electrons. The van der Waals surface area contributed by atoms with Crippen LogP contribution in [0, 0.1) is 17.8 Å². The number of carbonyl (C=O) groups is 4. The van der Waals surface area contributed by atoms with Gasteiger partial charge in [0.15, 0.2) is 0 Å². The Morgan fingerprint density at radius 3 is 2.45 bits per heavy atom. The van der Waals surface area contributed by atoms with Crippen LogP contribution < -0.4 is 15.5 Å². The van der Waals surface area contributed by atoms with Gasteiger partial charge < -0.3 is 14.9 Å². The molecule has 298 valence electrons. The van der Waals surface area contributed by atoms with E-state index in [1.807, 2.05) is 24.3 Å². The lowest BCUT2D eigenvalue weighted by molar-refractivity contribution is -0.144. The molecule has 1 aliphatic heterocycles. The highest BCUT2D eigenvalue weighted by atomic mass is 32.2. The molecule has 4 bridgehead atoms. The van der Waals surface area contributed by atoms with Crippen LogP contribution >= 0.6 is 0 Å². The number of hydrogen-bond acceptors (Lipinski definition) is 9. The van der Waals surface area contributed by atoms with Crippen molar-refractivity contribution in [1.82, 2.24) is 20.5 Å². The largest absolute Gasteiger partial charge is 0.443 e. The van der Waals surface area contributed by atoms with Gasteiger partial charge in [0.05, 0.1) is 17.1 Å². The summed E-state index contributed by atoms with van der Waals surface area (Å²) in [6, 6.07) is 14.2. The fourth-order valence-corrected chi connectivity index (χ4v) is 9.36. The second-order valence-corrected chi connectivity index (χ2v) is 18.6. The minimum absolute atomic E-state index is 0.0768. The number of hydrogen-bond donors (Lipinski definition) is 3. The van der Waals surface area contributed by atoms with E-state index in [1.165, 1.54) is 11.1 Å². The molecule has 5 aliphatic rings. The molecule has 13 nitrogen and oxygen atoms in total. The highest BCUT2D eigenvalue weighted by Gasteiger charge is 2.62. The van der Waals surface area contributed by atoms with Crippen molar-refractivity contribution in [3.05, 3.63) is 77.9 Å². The van der Waals surface area contributed by atoms with Gasteiger partial charge in [-0.15, -0.1) is 6.58 Å². The maximum atomic E-state index is 14.6. The molecule has 5 atom stereocenters. The first kappa shape index (κ1) is 39.3. The summed E-state index contributed by atoms with van der Waals surface area (Å²) in [4.78, 5) is 61.8. The Morgan fingerprint density at radius 2 is 1.73 bits per heavy atom. The molecule has 3 saturated carbocycles. The minimum Gasteiger partial charge on any atom is -0.443 e. The van der Waals surface area contributed by atoms with E-state index < -0.39 is 74.1 Å². The summed E-state index contributed by atoms with van der Waals surface area (Å²) in [6.45, 7) is 9.16. The lowest BCUT2D eigenvalue weighted by Crippen LogP contribution is -2.55. The third-order valence-corrected chi connectivity index (χ3v) is 13.0. The zero-order chi connectivity index (χ0) is 39.8. The van der Waals surface area contributed by atoms with E-state index in [0.29, 0.717) is 25.0 Å². The Kier molecular flexibility index (Phi) is 10.9.